The van der Waals surface area contributed by atoms with Gasteiger partial charge in [0.15, 0.2) is 11.2 Å². The molecule has 0 aliphatic rings. The molecule has 0 atom stereocenters. The number of phenols is 5. The van der Waals surface area contributed by atoms with Crippen LogP contribution in [0.4, 0.5) is 0 Å². The smallest absolute Gasteiger partial charge is 1.00 e. The molecule has 284 valence electrons. The number of methoxy groups -OCH3 is 2. The van der Waals surface area contributed by atoms with Crippen molar-refractivity contribution in [2.75, 3.05) is 21.3 Å². The molecular formula is C36H41ClK2O15. The topological polar surface area (TPSA) is 254 Å². The number of aromatic hydroxyl groups is 5. The number of fused-ring (bicyclic) bond motifs is 1. The van der Waals surface area contributed by atoms with Crippen molar-refractivity contribution in [1.29, 1.82) is 0 Å². The van der Waals surface area contributed by atoms with Crippen LogP contribution in [0.3, 0.4) is 0 Å². The largest absolute Gasteiger partial charge is 1.00 e. The van der Waals surface area contributed by atoms with E-state index in [1.165, 1.54) is 19.1 Å². The minimum absolute atomic E-state index is 0. The minimum atomic E-state index is -0.454. The molecule has 0 saturated carbocycles. The Morgan fingerprint density at radius 3 is 1.56 bits per heavy atom. The average Bonchev–Trinajstić information content (AvgIpc) is 3.08. The van der Waals surface area contributed by atoms with Gasteiger partial charge in [0, 0.05) is 48.6 Å². The molecule has 18 heteroatoms. The minimum Gasteiger partial charge on any atom is -1.00 e. The van der Waals surface area contributed by atoms with E-state index < -0.39 is 22.5 Å². The Labute approximate surface area is 403 Å². The first-order valence-electron chi connectivity index (χ1n) is 13.7. The molecule has 0 amide bonds. The predicted molar refractivity (Wildman–Crippen MR) is 192 cm³/mol. The molecule has 0 saturated heterocycles. The van der Waals surface area contributed by atoms with Crippen LogP contribution in [0, 0.1) is 0 Å². The van der Waals surface area contributed by atoms with Gasteiger partial charge in [0.25, 0.3) is 11.7 Å². The Hall–Kier alpha value is -3.02. The van der Waals surface area contributed by atoms with Gasteiger partial charge in [-0.15, -0.1) is 0 Å². The van der Waals surface area contributed by atoms with Gasteiger partial charge in [-0.2, -0.15) is 0 Å². The molecule has 0 radical (unpaired) electrons. The molecule has 6 N–H and O–H groups in total. The second-order valence-corrected chi connectivity index (χ2v) is 9.49. The van der Waals surface area contributed by atoms with Gasteiger partial charge in [-0.25, -0.2) is 0 Å². The Bertz CT molecular complexity index is 1920. The monoisotopic (exact) mass is 826 g/mol. The van der Waals surface area contributed by atoms with E-state index in [9.17, 15) is 24.6 Å². The second-order valence-electron chi connectivity index (χ2n) is 9.15. The summed E-state index contributed by atoms with van der Waals surface area (Å²) < 4.78 is 15.6. The molecule has 0 spiro atoms. The number of phenolic OH excluding ortho intramolecular Hbond substituents is 5. The standard InChI is InChI=1S/C16H12O5.C8H7ClO2.C8H8O4.CH2O3.CH4O.2CH4.2K.H/c1-20-11-4-2-9(3-5-11)14-8-13(19)16-12(18)6-10(17)7-15(16)21-14;1-11-7-4-2-6(3-5-7)8(9)10;1-4(9)8-6(11)2-5(10)3-7(8)12;2-1-4-3;1-2;;;;;/h2-8,17-18H,1H3;2-5H,1H3;2-3,10-12H,1H3;1,3H;2H,1H3;2*1H4;;;/q;;;;;;;2*+1;-1/p-1. The first-order valence-corrected chi connectivity index (χ1v) is 14.0. The van der Waals surface area contributed by atoms with Crippen molar-refractivity contribution in [3.8, 4) is 51.6 Å². The molecule has 5 aromatic rings. The number of carbonyl (C=O) groups is 3. The van der Waals surface area contributed by atoms with Crippen LogP contribution in [0.15, 0.2) is 88.1 Å². The van der Waals surface area contributed by atoms with E-state index in [-0.39, 0.29) is 165 Å². The molecule has 0 unspecified atom stereocenters. The van der Waals surface area contributed by atoms with Gasteiger partial charge >= 0.3 is 103 Å². The van der Waals surface area contributed by atoms with E-state index in [2.05, 4.69) is 4.89 Å². The molecule has 0 aliphatic carbocycles. The predicted octanol–water partition coefficient (Wildman–Crippen LogP) is -0.604. The van der Waals surface area contributed by atoms with E-state index in [4.69, 9.17) is 56.0 Å². The zero-order valence-electron chi connectivity index (χ0n) is 29.8. The number of aliphatic hydroxyl groups excluding tert-OH is 1. The molecule has 0 bridgehead atoms. The molecule has 1 heterocycles. The Kier molecular flexibility index (Phi) is 32.3. The molecule has 4 aromatic carbocycles. The van der Waals surface area contributed by atoms with Crippen molar-refractivity contribution in [2.24, 2.45) is 0 Å². The van der Waals surface area contributed by atoms with E-state index in [1.54, 1.807) is 62.8 Å². The first-order chi connectivity index (χ1) is 23.8. The van der Waals surface area contributed by atoms with E-state index in [0.717, 1.165) is 25.3 Å². The number of aliphatic hydroxyl groups is 1. The fraction of sp³-hybridized carbons (Fsp3) is 0.167. The number of ether oxygens (including phenoxy) is 2. The van der Waals surface area contributed by atoms with Crippen molar-refractivity contribution in [3.63, 3.8) is 0 Å². The Morgan fingerprint density at radius 1 is 0.759 bits per heavy atom. The van der Waals surface area contributed by atoms with Crippen molar-refractivity contribution < 1.29 is 173 Å². The van der Waals surface area contributed by atoms with Gasteiger partial charge in [0.2, 0.25) is 0 Å². The molecule has 5 rings (SSSR count). The molecule has 1 aromatic heterocycles. The SMILES string of the molecule is C.C.CC(=O)c1c(O)cc(O)cc1O.CO.COc1ccc(-c2cc(=O)c3c(O)cc(O)cc3o2)cc1.COc1ccc(C(=O)Cl)cc1.O=CO[O-].[H-].[K+].[K+]. The molecule has 0 aliphatic heterocycles. The number of ketones is 1. The van der Waals surface area contributed by atoms with Crippen molar-refractivity contribution in [3.05, 3.63) is 100 Å². The normalized spacial score (nSPS) is 8.72. The molecule has 0 fully saturated rings. The van der Waals surface area contributed by atoms with Crippen LogP contribution >= 0.6 is 11.6 Å². The van der Waals surface area contributed by atoms with Crippen LogP contribution in [-0.4, -0.2) is 69.5 Å². The summed E-state index contributed by atoms with van der Waals surface area (Å²) in [5.41, 5.74) is 0.753. The molecular weight excluding hydrogens is 786 g/mol. The quantitative estimate of drug-likeness (QED) is 0.0312. The third kappa shape index (κ3) is 18.5. The zero-order chi connectivity index (χ0) is 38.0. The number of Topliss-reactive ketones (excluding diaryl/α,β-unsaturated/α-hetero) is 1. The van der Waals surface area contributed by atoms with Crippen LogP contribution in [0.25, 0.3) is 22.3 Å². The molecule has 54 heavy (non-hydrogen) atoms. The van der Waals surface area contributed by atoms with E-state index in [0.29, 0.717) is 28.4 Å². The fourth-order valence-electron chi connectivity index (χ4n) is 3.83. The number of rotatable bonds is 6. The second kappa shape index (κ2) is 30.2. The summed E-state index contributed by atoms with van der Waals surface area (Å²) in [6, 6.07) is 19.3. The third-order valence-corrected chi connectivity index (χ3v) is 6.18. The number of hydrogen-bond donors (Lipinski definition) is 6. The summed E-state index contributed by atoms with van der Waals surface area (Å²) in [5.74, 6) is -0.293. The number of halogens is 1. The van der Waals surface area contributed by atoms with Crippen LogP contribution in [0.5, 0.6) is 40.2 Å². The van der Waals surface area contributed by atoms with Gasteiger partial charge in [0.05, 0.1) is 14.2 Å². The maximum Gasteiger partial charge on any atom is 1.00 e. The first kappa shape index (κ1) is 57.7. The maximum absolute atomic E-state index is 12.1. The summed E-state index contributed by atoms with van der Waals surface area (Å²) in [5, 5.41) is 61.3. The Balaban J connectivity index is -0.000000214. The van der Waals surface area contributed by atoms with Crippen molar-refractivity contribution in [2.45, 2.75) is 21.8 Å². The van der Waals surface area contributed by atoms with Crippen molar-refractivity contribution in [1.82, 2.24) is 0 Å². The van der Waals surface area contributed by atoms with E-state index >= 15 is 0 Å². The van der Waals surface area contributed by atoms with Gasteiger partial charge < -0.3 is 56.1 Å². The summed E-state index contributed by atoms with van der Waals surface area (Å²) >= 11 is 5.22. The summed E-state index contributed by atoms with van der Waals surface area (Å²) in [4.78, 5) is 44.7. The number of hydrogen-bond acceptors (Lipinski definition) is 15. The Morgan fingerprint density at radius 2 is 1.17 bits per heavy atom. The number of benzene rings is 4. The summed E-state index contributed by atoms with van der Waals surface area (Å²) in [6.07, 6.45) is 0. The van der Waals surface area contributed by atoms with Gasteiger partial charge in [-0.1, -0.05) is 14.9 Å². The van der Waals surface area contributed by atoms with Crippen molar-refractivity contribution >= 4 is 40.1 Å². The number of carbonyl (C=O) groups excluding carboxylic acids is 3. The average molecular weight is 827 g/mol. The third-order valence-electron chi connectivity index (χ3n) is 5.96. The zero-order valence-corrected chi connectivity index (χ0v) is 35.8. The van der Waals surface area contributed by atoms with E-state index in [1.807, 2.05) is 0 Å². The van der Waals surface area contributed by atoms with Crippen LogP contribution < -0.4 is 123 Å². The van der Waals surface area contributed by atoms with Gasteiger partial charge in [-0.05, 0) is 67.1 Å². The van der Waals surface area contributed by atoms with Gasteiger partial charge in [-0.3, -0.25) is 19.2 Å². The maximum atomic E-state index is 12.1. The summed E-state index contributed by atoms with van der Waals surface area (Å²) in [6.45, 7) is 1.03. The van der Waals surface area contributed by atoms with Crippen LogP contribution in [0.2, 0.25) is 0 Å². The summed E-state index contributed by atoms with van der Waals surface area (Å²) in [7, 11) is 4.13. The van der Waals surface area contributed by atoms with Crippen LogP contribution in [0.1, 0.15) is 43.9 Å². The van der Waals surface area contributed by atoms with Crippen LogP contribution in [-0.2, 0) is 9.68 Å². The fourth-order valence-corrected chi connectivity index (χ4v) is 3.96. The molecule has 15 nitrogen and oxygen atoms in total. The van der Waals surface area contributed by atoms with Gasteiger partial charge in [0.1, 0.15) is 62.5 Å².